The van der Waals surface area contributed by atoms with Crippen molar-refractivity contribution in [2.45, 2.75) is 25.7 Å². The second-order valence-electron chi connectivity index (χ2n) is 4.23. The van der Waals surface area contributed by atoms with Gasteiger partial charge in [-0.05, 0) is 43.4 Å². The zero-order valence-electron chi connectivity index (χ0n) is 9.02. The Morgan fingerprint density at radius 1 is 1.38 bits per heavy atom. The Hall–Kier alpha value is -1.35. The lowest BCUT2D eigenvalue weighted by atomic mass is 10.1. The number of benzene rings is 1. The number of nitrogens with zero attached hydrogens (tertiary/aromatic N) is 3. The van der Waals surface area contributed by atoms with Crippen molar-refractivity contribution in [3.63, 3.8) is 0 Å². The van der Waals surface area contributed by atoms with E-state index in [0.717, 1.165) is 22.5 Å². The minimum atomic E-state index is 0.730. The molecular weight excluding hydrogens is 222 g/mol. The van der Waals surface area contributed by atoms with Crippen LogP contribution in [-0.2, 0) is 0 Å². The van der Waals surface area contributed by atoms with Crippen molar-refractivity contribution in [3.8, 4) is 5.69 Å². The maximum atomic E-state index is 6.29. The summed E-state index contributed by atoms with van der Waals surface area (Å²) in [6.45, 7) is 1.91. The van der Waals surface area contributed by atoms with Crippen LogP contribution in [0.2, 0.25) is 5.02 Å². The average molecular weight is 234 g/mol. The van der Waals surface area contributed by atoms with E-state index in [4.69, 9.17) is 11.6 Å². The SMILES string of the molecule is Cc1nncn1-c1ccc(C2CC2)cc1Cl. The zero-order chi connectivity index (χ0) is 11.1. The molecule has 0 radical (unpaired) electrons. The Kier molecular flexibility index (Phi) is 2.21. The van der Waals surface area contributed by atoms with E-state index in [1.165, 1.54) is 18.4 Å². The Morgan fingerprint density at radius 3 is 2.75 bits per heavy atom. The highest BCUT2D eigenvalue weighted by Crippen LogP contribution is 2.41. The molecule has 0 atom stereocenters. The summed E-state index contributed by atoms with van der Waals surface area (Å²) in [7, 11) is 0. The third-order valence-electron chi connectivity index (χ3n) is 3.00. The van der Waals surface area contributed by atoms with Crippen LogP contribution in [0.3, 0.4) is 0 Å². The van der Waals surface area contributed by atoms with Crippen molar-refractivity contribution in [3.05, 3.63) is 40.9 Å². The average Bonchev–Trinajstić information content (AvgIpc) is 3.03. The van der Waals surface area contributed by atoms with E-state index in [0.29, 0.717) is 0 Å². The van der Waals surface area contributed by atoms with E-state index >= 15 is 0 Å². The van der Waals surface area contributed by atoms with Gasteiger partial charge < -0.3 is 0 Å². The molecule has 1 heterocycles. The fraction of sp³-hybridized carbons (Fsp3) is 0.333. The number of hydrogen-bond donors (Lipinski definition) is 0. The molecule has 1 aliphatic rings. The second kappa shape index (κ2) is 3.59. The summed E-state index contributed by atoms with van der Waals surface area (Å²) in [6, 6.07) is 6.26. The smallest absolute Gasteiger partial charge is 0.134 e. The van der Waals surface area contributed by atoms with E-state index in [-0.39, 0.29) is 0 Å². The van der Waals surface area contributed by atoms with Gasteiger partial charge in [0.15, 0.2) is 0 Å². The first-order chi connectivity index (χ1) is 7.75. The standard InChI is InChI=1S/C12H12ClN3/c1-8-15-14-7-16(8)12-5-4-10(6-11(12)13)9-2-3-9/h4-7,9H,2-3H2,1H3. The molecule has 2 aromatic rings. The summed E-state index contributed by atoms with van der Waals surface area (Å²) >= 11 is 6.29. The molecule has 82 valence electrons. The summed E-state index contributed by atoms with van der Waals surface area (Å²) in [5.41, 5.74) is 2.30. The van der Waals surface area contributed by atoms with E-state index in [1.54, 1.807) is 6.33 Å². The van der Waals surface area contributed by atoms with E-state index in [2.05, 4.69) is 22.3 Å². The molecule has 3 nitrogen and oxygen atoms in total. The van der Waals surface area contributed by atoms with Gasteiger partial charge in [-0.25, -0.2) is 0 Å². The number of hydrogen-bond acceptors (Lipinski definition) is 2. The van der Waals surface area contributed by atoms with Gasteiger partial charge >= 0.3 is 0 Å². The molecule has 1 aromatic carbocycles. The van der Waals surface area contributed by atoms with Crippen molar-refractivity contribution in [2.24, 2.45) is 0 Å². The number of aromatic nitrogens is 3. The maximum Gasteiger partial charge on any atom is 0.134 e. The van der Waals surface area contributed by atoms with Gasteiger partial charge in [0.25, 0.3) is 0 Å². The van der Waals surface area contributed by atoms with Crippen LogP contribution >= 0.6 is 11.6 Å². The number of halogens is 1. The highest BCUT2D eigenvalue weighted by atomic mass is 35.5. The molecule has 1 fully saturated rings. The normalized spacial score (nSPS) is 15.4. The quantitative estimate of drug-likeness (QED) is 0.798. The van der Waals surface area contributed by atoms with E-state index in [9.17, 15) is 0 Å². The van der Waals surface area contributed by atoms with Crippen LogP contribution in [0.4, 0.5) is 0 Å². The van der Waals surface area contributed by atoms with Gasteiger partial charge in [-0.2, -0.15) is 0 Å². The minimum absolute atomic E-state index is 0.730. The minimum Gasteiger partial charge on any atom is -0.284 e. The summed E-state index contributed by atoms with van der Waals surface area (Å²) in [5.74, 6) is 1.58. The van der Waals surface area contributed by atoms with Crippen LogP contribution in [0.1, 0.15) is 30.1 Å². The van der Waals surface area contributed by atoms with Gasteiger partial charge in [0, 0.05) is 0 Å². The fourth-order valence-corrected chi connectivity index (χ4v) is 2.20. The van der Waals surface area contributed by atoms with Gasteiger partial charge in [0.1, 0.15) is 12.2 Å². The van der Waals surface area contributed by atoms with Gasteiger partial charge in [0.05, 0.1) is 10.7 Å². The zero-order valence-corrected chi connectivity index (χ0v) is 9.78. The van der Waals surface area contributed by atoms with Gasteiger partial charge in [-0.1, -0.05) is 17.7 Å². The lowest BCUT2D eigenvalue weighted by Crippen LogP contribution is -1.97. The largest absolute Gasteiger partial charge is 0.284 e. The molecule has 0 saturated heterocycles. The van der Waals surface area contributed by atoms with Crippen LogP contribution in [0.5, 0.6) is 0 Å². The fourth-order valence-electron chi connectivity index (χ4n) is 1.92. The molecule has 0 spiro atoms. The third kappa shape index (κ3) is 1.61. The third-order valence-corrected chi connectivity index (χ3v) is 3.30. The van der Waals surface area contributed by atoms with Crippen molar-refractivity contribution in [1.82, 2.24) is 14.8 Å². The van der Waals surface area contributed by atoms with Crippen molar-refractivity contribution in [1.29, 1.82) is 0 Å². The Bertz CT molecular complexity index is 529. The molecule has 1 aromatic heterocycles. The van der Waals surface area contributed by atoms with Crippen LogP contribution in [0, 0.1) is 6.92 Å². The predicted octanol–water partition coefficient (Wildman–Crippen LogP) is 3.11. The molecular formula is C12H12ClN3. The molecule has 1 aliphatic carbocycles. The predicted molar refractivity (Wildman–Crippen MR) is 63.1 cm³/mol. The highest BCUT2D eigenvalue weighted by molar-refractivity contribution is 6.32. The first-order valence-electron chi connectivity index (χ1n) is 5.42. The van der Waals surface area contributed by atoms with Crippen molar-refractivity contribution >= 4 is 11.6 Å². The Labute approximate surface area is 99.1 Å². The topological polar surface area (TPSA) is 30.7 Å². The molecule has 1 saturated carbocycles. The van der Waals surface area contributed by atoms with Crippen molar-refractivity contribution < 1.29 is 0 Å². The summed E-state index contributed by atoms with van der Waals surface area (Å²) in [5, 5.41) is 8.59. The van der Waals surface area contributed by atoms with Crippen LogP contribution < -0.4 is 0 Å². The summed E-state index contributed by atoms with van der Waals surface area (Å²) in [4.78, 5) is 0. The first-order valence-corrected chi connectivity index (χ1v) is 5.80. The monoisotopic (exact) mass is 233 g/mol. The molecule has 0 unspecified atom stereocenters. The highest BCUT2D eigenvalue weighted by Gasteiger charge is 2.24. The summed E-state index contributed by atoms with van der Waals surface area (Å²) in [6.07, 6.45) is 4.27. The lowest BCUT2D eigenvalue weighted by molar-refractivity contribution is 0.966. The molecule has 0 aliphatic heterocycles. The number of aryl methyl sites for hydroxylation is 1. The van der Waals surface area contributed by atoms with Crippen LogP contribution in [0.25, 0.3) is 5.69 Å². The molecule has 0 bridgehead atoms. The molecule has 4 heteroatoms. The van der Waals surface area contributed by atoms with Gasteiger partial charge in [-0.3, -0.25) is 4.57 Å². The molecule has 16 heavy (non-hydrogen) atoms. The number of rotatable bonds is 2. The summed E-state index contributed by atoms with van der Waals surface area (Å²) < 4.78 is 1.90. The Balaban J connectivity index is 2.05. The first kappa shape index (κ1) is 9.85. The second-order valence-corrected chi connectivity index (χ2v) is 4.64. The van der Waals surface area contributed by atoms with E-state index in [1.807, 2.05) is 17.6 Å². The Morgan fingerprint density at radius 2 is 2.19 bits per heavy atom. The molecule has 0 amide bonds. The van der Waals surface area contributed by atoms with Gasteiger partial charge in [-0.15, -0.1) is 10.2 Å². The molecule has 3 rings (SSSR count). The van der Waals surface area contributed by atoms with Crippen LogP contribution in [-0.4, -0.2) is 14.8 Å². The maximum absolute atomic E-state index is 6.29. The van der Waals surface area contributed by atoms with Gasteiger partial charge in [0.2, 0.25) is 0 Å². The van der Waals surface area contributed by atoms with E-state index < -0.39 is 0 Å². The lowest BCUT2D eigenvalue weighted by Gasteiger charge is -2.08. The molecule has 0 N–H and O–H groups in total. The van der Waals surface area contributed by atoms with Crippen molar-refractivity contribution in [2.75, 3.05) is 0 Å². The van der Waals surface area contributed by atoms with Crippen LogP contribution in [0.15, 0.2) is 24.5 Å².